The number of hydrogen-bond acceptors (Lipinski definition) is 3. The second-order valence-corrected chi connectivity index (χ2v) is 5.64. The average molecular weight is 295 g/mol. The number of carbonyl (C=O) groups excluding carboxylic acids is 1. The van der Waals surface area contributed by atoms with Crippen LogP contribution in [0.2, 0.25) is 0 Å². The van der Waals surface area contributed by atoms with Crippen molar-refractivity contribution in [1.82, 2.24) is 5.01 Å². The molecule has 1 N–H and O–H groups in total. The number of anilines is 2. The molecule has 2 aromatic carbocycles. The molecule has 0 aromatic heterocycles. The van der Waals surface area contributed by atoms with E-state index in [9.17, 15) is 4.79 Å². The Morgan fingerprint density at radius 2 is 1.77 bits per heavy atom. The standard InChI is InChI=1S/C18H21N3O/c1-14-8-10-16(11-9-14)19-18-12-13-20(21(18)15(2)22)17-6-4-3-5-7-17/h3-11,18-19H,12-13H2,1-2H3/t18-/m1/s1. The number of para-hydroxylation sites is 1. The van der Waals surface area contributed by atoms with E-state index in [1.54, 1.807) is 6.92 Å². The highest BCUT2D eigenvalue weighted by molar-refractivity contribution is 5.77. The summed E-state index contributed by atoms with van der Waals surface area (Å²) in [5.74, 6) is 0.0472. The molecule has 0 aliphatic carbocycles. The first-order chi connectivity index (χ1) is 10.6. The number of rotatable bonds is 3. The third kappa shape index (κ3) is 2.91. The molecule has 0 spiro atoms. The summed E-state index contributed by atoms with van der Waals surface area (Å²) < 4.78 is 0. The number of nitrogens with zero attached hydrogens (tertiary/aromatic N) is 2. The Bertz CT molecular complexity index is 639. The molecule has 1 heterocycles. The van der Waals surface area contributed by atoms with Gasteiger partial charge in [-0.3, -0.25) is 9.80 Å². The predicted molar refractivity (Wildman–Crippen MR) is 89.5 cm³/mol. The fourth-order valence-corrected chi connectivity index (χ4v) is 2.86. The maximum atomic E-state index is 12.1. The van der Waals surface area contributed by atoms with E-state index in [2.05, 4.69) is 36.5 Å². The topological polar surface area (TPSA) is 35.6 Å². The monoisotopic (exact) mass is 295 g/mol. The number of nitrogens with one attached hydrogen (secondary N) is 1. The van der Waals surface area contributed by atoms with Gasteiger partial charge in [-0.05, 0) is 31.2 Å². The minimum absolute atomic E-state index is 0.0135. The van der Waals surface area contributed by atoms with E-state index >= 15 is 0 Å². The lowest BCUT2D eigenvalue weighted by Gasteiger charge is -2.33. The molecular weight excluding hydrogens is 274 g/mol. The summed E-state index contributed by atoms with van der Waals surface area (Å²) >= 11 is 0. The molecule has 0 radical (unpaired) electrons. The summed E-state index contributed by atoms with van der Waals surface area (Å²) in [6.45, 7) is 4.51. The van der Waals surface area contributed by atoms with E-state index < -0.39 is 0 Å². The van der Waals surface area contributed by atoms with Gasteiger partial charge >= 0.3 is 0 Å². The van der Waals surface area contributed by atoms with E-state index in [4.69, 9.17) is 0 Å². The van der Waals surface area contributed by atoms with E-state index in [-0.39, 0.29) is 12.1 Å². The Morgan fingerprint density at radius 1 is 1.09 bits per heavy atom. The zero-order valence-electron chi connectivity index (χ0n) is 13.0. The first-order valence-corrected chi connectivity index (χ1v) is 7.60. The molecule has 1 atom stereocenters. The number of hydrogen-bond donors (Lipinski definition) is 1. The number of aryl methyl sites for hydroxylation is 1. The fourth-order valence-electron chi connectivity index (χ4n) is 2.86. The smallest absolute Gasteiger partial charge is 0.239 e. The molecule has 3 rings (SSSR count). The van der Waals surface area contributed by atoms with Crippen LogP contribution >= 0.6 is 0 Å². The Labute approximate surface area is 131 Å². The second-order valence-electron chi connectivity index (χ2n) is 5.64. The summed E-state index contributed by atoms with van der Waals surface area (Å²) in [5.41, 5.74) is 3.31. The van der Waals surface area contributed by atoms with E-state index in [1.807, 2.05) is 40.3 Å². The van der Waals surface area contributed by atoms with Crippen molar-refractivity contribution < 1.29 is 4.79 Å². The molecule has 0 unspecified atom stereocenters. The van der Waals surface area contributed by atoms with Gasteiger partial charge in [-0.2, -0.15) is 0 Å². The van der Waals surface area contributed by atoms with Gasteiger partial charge in [0.2, 0.25) is 5.91 Å². The van der Waals surface area contributed by atoms with Crippen LogP contribution in [0.5, 0.6) is 0 Å². The zero-order valence-corrected chi connectivity index (χ0v) is 13.0. The third-order valence-corrected chi connectivity index (χ3v) is 3.93. The van der Waals surface area contributed by atoms with Gasteiger partial charge in [0.15, 0.2) is 0 Å². The van der Waals surface area contributed by atoms with Gasteiger partial charge < -0.3 is 5.32 Å². The number of amides is 1. The average Bonchev–Trinajstić information content (AvgIpc) is 2.94. The van der Waals surface area contributed by atoms with E-state index in [0.29, 0.717) is 0 Å². The molecule has 1 aliphatic rings. The minimum Gasteiger partial charge on any atom is -0.364 e. The number of benzene rings is 2. The molecular formula is C18H21N3O. The van der Waals surface area contributed by atoms with Gasteiger partial charge in [0.1, 0.15) is 6.17 Å². The quantitative estimate of drug-likeness (QED) is 0.942. The molecule has 1 saturated heterocycles. The Morgan fingerprint density at radius 3 is 2.41 bits per heavy atom. The molecule has 2 aromatic rings. The van der Waals surface area contributed by atoms with Gasteiger partial charge in [0.05, 0.1) is 5.69 Å². The van der Waals surface area contributed by atoms with Crippen LogP contribution in [0.3, 0.4) is 0 Å². The largest absolute Gasteiger partial charge is 0.364 e. The second kappa shape index (κ2) is 6.10. The summed E-state index contributed by atoms with van der Waals surface area (Å²) in [5, 5.41) is 7.33. The molecule has 1 amide bonds. The number of hydrazine groups is 1. The first-order valence-electron chi connectivity index (χ1n) is 7.60. The highest BCUT2D eigenvalue weighted by Gasteiger charge is 2.33. The van der Waals surface area contributed by atoms with Crippen LogP contribution in [-0.4, -0.2) is 23.6 Å². The molecule has 114 valence electrons. The van der Waals surface area contributed by atoms with Crippen LogP contribution in [0.1, 0.15) is 18.9 Å². The van der Waals surface area contributed by atoms with Gasteiger partial charge in [-0.15, -0.1) is 0 Å². The van der Waals surface area contributed by atoms with Crippen molar-refractivity contribution >= 4 is 17.3 Å². The third-order valence-electron chi connectivity index (χ3n) is 3.93. The Kier molecular flexibility index (Phi) is 4.00. The van der Waals surface area contributed by atoms with Crippen molar-refractivity contribution in [1.29, 1.82) is 0 Å². The molecule has 4 heteroatoms. The van der Waals surface area contributed by atoms with Crippen molar-refractivity contribution in [3.8, 4) is 0 Å². The van der Waals surface area contributed by atoms with Crippen LogP contribution in [-0.2, 0) is 4.79 Å². The summed E-state index contributed by atoms with van der Waals surface area (Å²) in [6, 6.07) is 18.3. The fraction of sp³-hybridized carbons (Fsp3) is 0.278. The normalized spacial score (nSPS) is 17.6. The first kappa shape index (κ1) is 14.4. The number of carbonyl (C=O) groups is 1. The summed E-state index contributed by atoms with van der Waals surface area (Å²) in [7, 11) is 0. The van der Waals surface area contributed by atoms with Crippen molar-refractivity contribution in [3.63, 3.8) is 0 Å². The maximum absolute atomic E-state index is 12.1. The van der Waals surface area contributed by atoms with Crippen LogP contribution in [0, 0.1) is 6.92 Å². The van der Waals surface area contributed by atoms with Crippen LogP contribution in [0.15, 0.2) is 54.6 Å². The van der Waals surface area contributed by atoms with E-state index in [0.717, 1.165) is 24.3 Å². The van der Waals surface area contributed by atoms with Crippen molar-refractivity contribution in [2.45, 2.75) is 26.4 Å². The minimum atomic E-state index is -0.0135. The lowest BCUT2D eigenvalue weighted by atomic mass is 10.2. The predicted octanol–water partition coefficient (Wildman–Crippen LogP) is 3.41. The lowest BCUT2D eigenvalue weighted by Crippen LogP contribution is -2.47. The van der Waals surface area contributed by atoms with Gasteiger partial charge in [0, 0.05) is 25.6 Å². The Balaban J connectivity index is 1.80. The maximum Gasteiger partial charge on any atom is 0.239 e. The SMILES string of the molecule is CC(=O)N1[C@@H](Nc2ccc(C)cc2)CCN1c1ccccc1. The molecule has 22 heavy (non-hydrogen) atoms. The highest BCUT2D eigenvalue weighted by Crippen LogP contribution is 2.26. The van der Waals surface area contributed by atoms with Gasteiger partial charge in [-0.25, -0.2) is 5.01 Å². The van der Waals surface area contributed by atoms with Crippen LogP contribution < -0.4 is 10.3 Å². The van der Waals surface area contributed by atoms with Gasteiger partial charge in [-0.1, -0.05) is 35.9 Å². The molecule has 4 nitrogen and oxygen atoms in total. The van der Waals surface area contributed by atoms with Crippen molar-refractivity contribution in [2.24, 2.45) is 0 Å². The lowest BCUT2D eigenvalue weighted by molar-refractivity contribution is -0.129. The molecule has 1 fully saturated rings. The van der Waals surface area contributed by atoms with Gasteiger partial charge in [0.25, 0.3) is 0 Å². The van der Waals surface area contributed by atoms with E-state index in [1.165, 1.54) is 5.56 Å². The molecule has 1 aliphatic heterocycles. The zero-order chi connectivity index (χ0) is 15.5. The van der Waals surface area contributed by atoms with Crippen LogP contribution in [0.4, 0.5) is 11.4 Å². The summed E-state index contributed by atoms with van der Waals surface area (Å²) in [4.78, 5) is 12.1. The molecule has 0 bridgehead atoms. The highest BCUT2D eigenvalue weighted by atomic mass is 16.2. The Hall–Kier alpha value is -2.49. The van der Waals surface area contributed by atoms with Crippen molar-refractivity contribution in [3.05, 3.63) is 60.2 Å². The molecule has 0 saturated carbocycles. The summed E-state index contributed by atoms with van der Waals surface area (Å²) in [6.07, 6.45) is 0.878. The van der Waals surface area contributed by atoms with Crippen LogP contribution in [0.25, 0.3) is 0 Å². The van der Waals surface area contributed by atoms with Crippen molar-refractivity contribution in [2.75, 3.05) is 16.9 Å².